The number of hydrogen-bond donors (Lipinski definition) is 2. The molecule has 234 valence electrons. The third-order valence-electron chi connectivity index (χ3n) is 8.65. The molecule has 1 fully saturated rings. The quantitative estimate of drug-likeness (QED) is 0.200. The van der Waals surface area contributed by atoms with E-state index in [2.05, 4.69) is 25.7 Å². The summed E-state index contributed by atoms with van der Waals surface area (Å²) < 4.78 is 88.8. The van der Waals surface area contributed by atoms with Gasteiger partial charge in [-0.3, -0.25) is 14.6 Å². The number of carbonyl (C=O) groups excluding carboxylic acids is 1. The SMILES string of the molecule is O=C(Cn1nc(C(F)F)c2c1C(F)(F)[C@@H]1C[C@H]21)NC(Cc1cc(F)cc(F)c1)c1nc2cn[nH]c2cc1-c1ccc2ccnn2c1. The minimum absolute atomic E-state index is 0.0825. The van der Waals surface area contributed by atoms with Crippen molar-refractivity contribution in [3.63, 3.8) is 0 Å². The zero-order valence-corrected chi connectivity index (χ0v) is 23.6. The van der Waals surface area contributed by atoms with Crippen molar-refractivity contribution in [3.05, 3.63) is 101 Å². The number of nitrogens with zero attached hydrogens (tertiary/aromatic N) is 6. The molecule has 6 aromatic rings. The molecule has 2 N–H and O–H groups in total. The van der Waals surface area contributed by atoms with Crippen molar-refractivity contribution >= 4 is 22.5 Å². The average molecular weight is 637 g/mol. The minimum atomic E-state index is -3.41. The summed E-state index contributed by atoms with van der Waals surface area (Å²) in [4.78, 5) is 18.3. The van der Waals surface area contributed by atoms with Crippen LogP contribution in [0.25, 0.3) is 27.7 Å². The zero-order chi connectivity index (χ0) is 31.9. The van der Waals surface area contributed by atoms with Gasteiger partial charge in [0.15, 0.2) is 0 Å². The van der Waals surface area contributed by atoms with Crippen LogP contribution in [0.2, 0.25) is 0 Å². The third-order valence-corrected chi connectivity index (χ3v) is 8.65. The molecule has 9 nitrogen and oxygen atoms in total. The Kier molecular flexibility index (Phi) is 6.24. The molecule has 5 heterocycles. The first kappa shape index (κ1) is 28.3. The minimum Gasteiger partial charge on any atom is -0.346 e. The van der Waals surface area contributed by atoms with Gasteiger partial charge in [0.2, 0.25) is 5.91 Å². The Morgan fingerprint density at radius 3 is 2.67 bits per heavy atom. The molecule has 8 rings (SSSR count). The van der Waals surface area contributed by atoms with E-state index in [4.69, 9.17) is 4.98 Å². The fourth-order valence-electron chi connectivity index (χ4n) is 6.60. The maximum Gasteiger partial charge on any atom is 0.293 e. The lowest BCUT2D eigenvalue weighted by Crippen LogP contribution is -2.35. The molecule has 0 aliphatic heterocycles. The third kappa shape index (κ3) is 4.60. The molecule has 1 amide bonds. The summed E-state index contributed by atoms with van der Waals surface area (Å²) in [5, 5.41) is 17.7. The number of pyridine rings is 2. The molecular weight excluding hydrogens is 614 g/mol. The number of aromatic amines is 1. The van der Waals surface area contributed by atoms with Crippen LogP contribution in [-0.4, -0.2) is 40.5 Å². The summed E-state index contributed by atoms with van der Waals surface area (Å²) in [7, 11) is 0. The van der Waals surface area contributed by atoms with Crippen LogP contribution in [0.1, 0.15) is 53.0 Å². The van der Waals surface area contributed by atoms with Gasteiger partial charge in [-0.05, 0) is 54.7 Å². The van der Waals surface area contributed by atoms with Gasteiger partial charge < -0.3 is 5.32 Å². The first-order valence-corrected chi connectivity index (χ1v) is 14.4. The number of halogens is 6. The van der Waals surface area contributed by atoms with E-state index in [-0.39, 0.29) is 29.7 Å². The summed E-state index contributed by atoms with van der Waals surface area (Å²) in [6, 6.07) is 9.05. The lowest BCUT2D eigenvalue weighted by molar-refractivity contribution is -0.123. The standard InChI is InChI=1S/C31H22F6N8O/c32-16-5-14(6-17(33)8-16)7-23(40-25(46)13-45-29-26(28(43-45)30(34)35)20-9-21(20)31(29,36)37)27-19(10-22-24(41-27)11-38-42-22)15-1-2-18-3-4-39-44(18)12-15/h1-6,8,10-12,20-21,23,30H,7,9,13H2,(H,38,42)(H,40,46)/t20-,21+,23?/m0/s1. The number of benzene rings is 1. The monoisotopic (exact) mass is 636 g/mol. The highest BCUT2D eigenvalue weighted by Crippen LogP contribution is 2.68. The van der Waals surface area contributed by atoms with Gasteiger partial charge in [0.25, 0.3) is 12.3 Å². The van der Waals surface area contributed by atoms with Crippen LogP contribution in [0.15, 0.2) is 61.1 Å². The summed E-state index contributed by atoms with van der Waals surface area (Å²) >= 11 is 0. The molecular formula is C31H22F6N8O. The molecule has 2 aliphatic rings. The summed E-state index contributed by atoms with van der Waals surface area (Å²) in [6.45, 7) is -0.791. The molecule has 0 saturated heterocycles. The lowest BCUT2D eigenvalue weighted by Gasteiger charge is -2.22. The van der Waals surface area contributed by atoms with E-state index in [1.807, 2.05) is 12.1 Å². The van der Waals surface area contributed by atoms with Crippen molar-refractivity contribution in [2.24, 2.45) is 5.92 Å². The number of H-pyrrole nitrogens is 1. The largest absolute Gasteiger partial charge is 0.346 e. The van der Waals surface area contributed by atoms with Gasteiger partial charge in [0, 0.05) is 41.1 Å². The lowest BCUT2D eigenvalue weighted by atomic mass is 9.95. The number of aromatic nitrogens is 7. The predicted molar refractivity (Wildman–Crippen MR) is 151 cm³/mol. The second-order valence-corrected chi connectivity index (χ2v) is 11.6. The number of fused-ring (bicyclic) bond motifs is 5. The molecule has 15 heteroatoms. The van der Waals surface area contributed by atoms with Gasteiger partial charge in [0.05, 0.1) is 29.0 Å². The van der Waals surface area contributed by atoms with Crippen LogP contribution in [0.3, 0.4) is 0 Å². The molecule has 0 spiro atoms. The molecule has 5 aromatic heterocycles. The molecule has 46 heavy (non-hydrogen) atoms. The first-order chi connectivity index (χ1) is 22.1. The molecule has 0 bridgehead atoms. The van der Waals surface area contributed by atoms with Crippen LogP contribution in [0.4, 0.5) is 26.3 Å². The van der Waals surface area contributed by atoms with Gasteiger partial charge in [-0.25, -0.2) is 27.1 Å². The molecule has 0 radical (unpaired) electrons. The predicted octanol–water partition coefficient (Wildman–Crippen LogP) is 5.99. The van der Waals surface area contributed by atoms with Crippen molar-refractivity contribution in [1.82, 2.24) is 39.9 Å². The van der Waals surface area contributed by atoms with Crippen molar-refractivity contribution in [2.75, 3.05) is 0 Å². The van der Waals surface area contributed by atoms with E-state index in [0.717, 1.165) is 17.6 Å². The van der Waals surface area contributed by atoms with Crippen LogP contribution >= 0.6 is 0 Å². The van der Waals surface area contributed by atoms with Gasteiger partial charge in [-0.1, -0.05) is 6.07 Å². The fourth-order valence-corrected chi connectivity index (χ4v) is 6.60. The van der Waals surface area contributed by atoms with Crippen LogP contribution < -0.4 is 5.32 Å². The topological polar surface area (TPSA) is 106 Å². The molecule has 1 unspecified atom stereocenters. The van der Waals surface area contributed by atoms with E-state index in [1.165, 1.54) is 6.20 Å². The highest BCUT2D eigenvalue weighted by molar-refractivity contribution is 5.83. The van der Waals surface area contributed by atoms with E-state index in [1.54, 1.807) is 29.0 Å². The Morgan fingerprint density at radius 1 is 1.09 bits per heavy atom. The van der Waals surface area contributed by atoms with Crippen molar-refractivity contribution in [1.29, 1.82) is 0 Å². The zero-order valence-electron chi connectivity index (χ0n) is 23.6. The molecule has 1 aromatic carbocycles. The summed E-state index contributed by atoms with van der Waals surface area (Å²) in [6.07, 6.45) is 1.66. The Labute approximate surface area is 255 Å². The highest BCUT2D eigenvalue weighted by atomic mass is 19.3. The van der Waals surface area contributed by atoms with Crippen molar-refractivity contribution < 1.29 is 31.1 Å². The molecule has 3 atom stereocenters. The van der Waals surface area contributed by atoms with E-state index >= 15 is 8.78 Å². The van der Waals surface area contributed by atoms with Crippen LogP contribution in [0, 0.1) is 17.6 Å². The maximum atomic E-state index is 15.2. The van der Waals surface area contributed by atoms with Gasteiger partial charge >= 0.3 is 0 Å². The number of nitrogens with one attached hydrogen (secondary N) is 2. The molecule has 1 saturated carbocycles. The Bertz CT molecular complexity index is 2150. The second kappa shape index (κ2) is 10.2. The van der Waals surface area contributed by atoms with Crippen molar-refractivity contribution in [2.45, 2.75) is 43.7 Å². The summed E-state index contributed by atoms with van der Waals surface area (Å²) in [5.41, 5.74) is 1.80. The number of hydrogen-bond acceptors (Lipinski definition) is 5. The number of amides is 1. The average Bonchev–Trinajstić information content (AvgIpc) is 3.28. The molecule has 2 aliphatic carbocycles. The Hall–Kier alpha value is -5.21. The van der Waals surface area contributed by atoms with E-state index < -0.39 is 65.7 Å². The van der Waals surface area contributed by atoms with E-state index in [9.17, 15) is 22.4 Å². The van der Waals surface area contributed by atoms with Crippen molar-refractivity contribution in [3.8, 4) is 11.1 Å². The number of alkyl halides is 4. The van der Waals surface area contributed by atoms with Gasteiger partial charge in [0.1, 0.15) is 35.1 Å². The van der Waals surface area contributed by atoms with Crippen LogP contribution in [0.5, 0.6) is 0 Å². The highest BCUT2D eigenvalue weighted by Gasteiger charge is 2.67. The fraction of sp³-hybridized carbons (Fsp3) is 0.258. The van der Waals surface area contributed by atoms with E-state index in [0.29, 0.717) is 32.9 Å². The maximum absolute atomic E-state index is 15.2. The first-order valence-electron chi connectivity index (χ1n) is 14.4. The Balaban J connectivity index is 1.21. The second-order valence-electron chi connectivity index (χ2n) is 11.6. The Morgan fingerprint density at radius 2 is 1.89 bits per heavy atom. The number of rotatable bonds is 8. The van der Waals surface area contributed by atoms with Crippen LogP contribution in [-0.2, 0) is 23.7 Å². The van der Waals surface area contributed by atoms with Gasteiger partial charge in [-0.15, -0.1) is 0 Å². The summed E-state index contributed by atoms with van der Waals surface area (Å²) in [5.74, 6) is -7.74. The number of carbonyl (C=O) groups is 1. The normalized spacial score (nSPS) is 18.7. The van der Waals surface area contributed by atoms with Gasteiger partial charge in [-0.2, -0.15) is 24.1 Å². The smallest absolute Gasteiger partial charge is 0.293 e.